The molecule has 0 aromatic rings. The van der Waals surface area contributed by atoms with Gasteiger partial charge in [-0.3, -0.25) is 0 Å². The maximum atomic E-state index is 6.05. The molecular weight excluding hydrogens is 172 g/mol. The first-order chi connectivity index (χ1) is 6.46. The minimum absolute atomic E-state index is 0.476. The molecule has 3 fully saturated rings. The molecule has 2 unspecified atom stereocenters. The zero-order valence-corrected chi connectivity index (χ0v) is 9.79. The van der Waals surface area contributed by atoms with Gasteiger partial charge in [-0.05, 0) is 36.6 Å². The molecule has 2 aliphatic heterocycles. The fraction of sp³-hybridized carbons (Fsp3) is 1.00. The molecule has 2 heteroatoms. The molecule has 2 N–H and O–H groups in total. The van der Waals surface area contributed by atoms with Gasteiger partial charge in [-0.1, -0.05) is 20.8 Å². The van der Waals surface area contributed by atoms with E-state index in [-0.39, 0.29) is 0 Å². The number of fused-ring (bicyclic) bond motifs is 2. The standard InChI is InChI=1S/C12H24N2/c1-12(2,3)4-5-14-7-9-6-10(8-14)11(9)13/h9-11H,4-8,13H2,1-3H3. The summed E-state index contributed by atoms with van der Waals surface area (Å²) in [5, 5.41) is 0. The van der Waals surface area contributed by atoms with Crippen LogP contribution in [0.4, 0.5) is 0 Å². The molecule has 2 nitrogen and oxygen atoms in total. The van der Waals surface area contributed by atoms with Crippen LogP contribution < -0.4 is 5.73 Å². The third-order valence-corrected chi connectivity index (χ3v) is 3.86. The quantitative estimate of drug-likeness (QED) is 0.728. The van der Waals surface area contributed by atoms with Gasteiger partial charge < -0.3 is 10.6 Å². The van der Waals surface area contributed by atoms with Crippen molar-refractivity contribution >= 4 is 0 Å². The Labute approximate surface area is 87.8 Å². The molecule has 3 aliphatic rings. The van der Waals surface area contributed by atoms with Crippen LogP contribution in [0.3, 0.4) is 0 Å². The van der Waals surface area contributed by atoms with Crippen molar-refractivity contribution in [3.05, 3.63) is 0 Å². The Balaban J connectivity index is 1.74. The molecule has 14 heavy (non-hydrogen) atoms. The van der Waals surface area contributed by atoms with Gasteiger partial charge in [0, 0.05) is 19.1 Å². The summed E-state index contributed by atoms with van der Waals surface area (Å²) in [6.45, 7) is 10.8. The van der Waals surface area contributed by atoms with E-state index in [2.05, 4.69) is 25.7 Å². The van der Waals surface area contributed by atoms with Gasteiger partial charge in [0.15, 0.2) is 0 Å². The van der Waals surface area contributed by atoms with Gasteiger partial charge in [0.05, 0.1) is 0 Å². The van der Waals surface area contributed by atoms with E-state index in [1.165, 1.54) is 32.5 Å². The number of rotatable bonds is 2. The van der Waals surface area contributed by atoms with Crippen molar-refractivity contribution < 1.29 is 0 Å². The van der Waals surface area contributed by atoms with Crippen LogP contribution in [0.2, 0.25) is 0 Å². The lowest BCUT2D eigenvalue weighted by atomic mass is 9.66. The van der Waals surface area contributed by atoms with Crippen molar-refractivity contribution in [2.24, 2.45) is 23.0 Å². The summed E-state index contributed by atoms with van der Waals surface area (Å²) in [6.07, 6.45) is 2.70. The monoisotopic (exact) mass is 196 g/mol. The van der Waals surface area contributed by atoms with Crippen LogP contribution in [0.15, 0.2) is 0 Å². The number of nitrogens with zero attached hydrogens (tertiary/aromatic N) is 1. The average molecular weight is 196 g/mol. The highest BCUT2D eigenvalue weighted by molar-refractivity contribution is 4.99. The Bertz CT molecular complexity index is 195. The van der Waals surface area contributed by atoms with E-state index in [4.69, 9.17) is 5.73 Å². The molecule has 1 aliphatic carbocycles. The van der Waals surface area contributed by atoms with Crippen molar-refractivity contribution in [1.29, 1.82) is 0 Å². The zero-order chi connectivity index (χ0) is 10.3. The lowest BCUT2D eigenvalue weighted by Gasteiger charge is -2.52. The van der Waals surface area contributed by atoms with E-state index in [0.29, 0.717) is 11.5 Å². The number of hydrogen-bond acceptors (Lipinski definition) is 2. The third kappa shape index (κ3) is 2.12. The van der Waals surface area contributed by atoms with Crippen molar-refractivity contribution in [3.8, 4) is 0 Å². The fourth-order valence-corrected chi connectivity index (χ4v) is 2.70. The summed E-state index contributed by atoms with van der Waals surface area (Å²) in [5.74, 6) is 1.63. The van der Waals surface area contributed by atoms with E-state index in [1.54, 1.807) is 0 Å². The second kappa shape index (κ2) is 3.49. The summed E-state index contributed by atoms with van der Waals surface area (Å²) >= 11 is 0. The van der Waals surface area contributed by atoms with Crippen molar-refractivity contribution in [1.82, 2.24) is 4.90 Å². The maximum Gasteiger partial charge on any atom is 0.0120 e. The highest BCUT2D eigenvalue weighted by Crippen LogP contribution is 2.38. The van der Waals surface area contributed by atoms with Crippen LogP contribution in [0.1, 0.15) is 33.6 Å². The number of piperidine rings is 2. The number of nitrogens with two attached hydrogens (primary N) is 1. The number of hydrogen-bond donors (Lipinski definition) is 1. The van der Waals surface area contributed by atoms with E-state index in [9.17, 15) is 0 Å². The van der Waals surface area contributed by atoms with Gasteiger partial charge in [0.25, 0.3) is 0 Å². The van der Waals surface area contributed by atoms with Crippen LogP contribution in [-0.4, -0.2) is 30.6 Å². The largest absolute Gasteiger partial charge is 0.327 e. The van der Waals surface area contributed by atoms with E-state index in [0.717, 1.165) is 11.8 Å². The molecule has 82 valence electrons. The molecule has 2 atom stereocenters. The van der Waals surface area contributed by atoms with Gasteiger partial charge in [0.2, 0.25) is 0 Å². The molecule has 0 amide bonds. The van der Waals surface area contributed by atoms with Crippen LogP contribution in [0, 0.1) is 17.3 Å². The SMILES string of the molecule is CC(C)(C)CCN1CC2CC(C1)C2N. The molecule has 1 saturated carbocycles. The summed E-state index contributed by atoms with van der Waals surface area (Å²) in [6, 6.07) is 0.529. The van der Waals surface area contributed by atoms with Crippen LogP contribution in [-0.2, 0) is 0 Å². The van der Waals surface area contributed by atoms with E-state index < -0.39 is 0 Å². The summed E-state index contributed by atoms with van der Waals surface area (Å²) in [5.41, 5.74) is 6.52. The topological polar surface area (TPSA) is 29.3 Å². The predicted molar refractivity (Wildman–Crippen MR) is 60.1 cm³/mol. The van der Waals surface area contributed by atoms with Crippen LogP contribution in [0.25, 0.3) is 0 Å². The van der Waals surface area contributed by atoms with Gasteiger partial charge in [-0.25, -0.2) is 0 Å². The van der Waals surface area contributed by atoms with Gasteiger partial charge in [-0.2, -0.15) is 0 Å². The average Bonchev–Trinajstić information content (AvgIpc) is 2.13. The van der Waals surface area contributed by atoms with Gasteiger partial charge in [-0.15, -0.1) is 0 Å². The second-order valence-electron chi connectivity index (χ2n) is 6.40. The Morgan fingerprint density at radius 1 is 1.21 bits per heavy atom. The Hall–Kier alpha value is -0.0800. The highest BCUT2D eigenvalue weighted by atomic mass is 15.2. The Morgan fingerprint density at radius 2 is 1.79 bits per heavy atom. The van der Waals surface area contributed by atoms with E-state index >= 15 is 0 Å². The van der Waals surface area contributed by atoms with Crippen molar-refractivity contribution in [2.75, 3.05) is 19.6 Å². The van der Waals surface area contributed by atoms with Gasteiger partial charge >= 0.3 is 0 Å². The molecule has 3 rings (SSSR count). The molecule has 2 saturated heterocycles. The third-order valence-electron chi connectivity index (χ3n) is 3.86. The lowest BCUT2D eigenvalue weighted by Crippen LogP contribution is -2.62. The lowest BCUT2D eigenvalue weighted by molar-refractivity contribution is -0.00137. The first kappa shape index (κ1) is 10.4. The molecule has 2 bridgehead atoms. The Kier molecular flexibility index (Phi) is 2.61. The molecule has 0 radical (unpaired) electrons. The molecule has 2 heterocycles. The molecule has 0 aromatic carbocycles. The summed E-state index contributed by atoms with van der Waals surface area (Å²) in [7, 11) is 0. The second-order valence-corrected chi connectivity index (χ2v) is 6.40. The van der Waals surface area contributed by atoms with Gasteiger partial charge in [0.1, 0.15) is 0 Å². The van der Waals surface area contributed by atoms with Crippen molar-refractivity contribution in [2.45, 2.75) is 39.7 Å². The summed E-state index contributed by atoms with van der Waals surface area (Å²) < 4.78 is 0. The molecular formula is C12H24N2. The van der Waals surface area contributed by atoms with Crippen molar-refractivity contribution in [3.63, 3.8) is 0 Å². The zero-order valence-electron chi connectivity index (χ0n) is 9.79. The first-order valence-corrected chi connectivity index (χ1v) is 5.94. The molecule has 0 spiro atoms. The minimum Gasteiger partial charge on any atom is -0.327 e. The van der Waals surface area contributed by atoms with E-state index in [1.807, 2.05) is 0 Å². The maximum absolute atomic E-state index is 6.05. The molecule has 0 aromatic heterocycles. The predicted octanol–water partition coefficient (Wildman–Crippen LogP) is 1.70. The van der Waals surface area contributed by atoms with Crippen LogP contribution >= 0.6 is 0 Å². The summed E-state index contributed by atoms with van der Waals surface area (Å²) in [4.78, 5) is 2.62. The van der Waals surface area contributed by atoms with Crippen LogP contribution in [0.5, 0.6) is 0 Å². The highest BCUT2D eigenvalue weighted by Gasteiger charge is 2.44. The normalized spacial score (nSPS) is 38.1. The fourth-order valence-electron chi connectivity index (χ4n) is 2.70. The minimum atomic E-state index is 0.476. The Morgan fingerprint density at radius 3 is 2.21 bits per heavy atom. The smallest absolute Gasteiger partial charge is 0.0120 e. The first-order valence-electron chi connectivity index (χ1n) is 5.94.